The molecule has 0 aromatic carbocycles. The van der Waals surface area contributed by atoms with Crippen LogP contribution in [0.4, 0.5) is 0 Å². The van der Waals surface area contributed by atoms with Crippen LogP contribution in [0.2, 0.25) is 0 Å². The Labute approximate surface area is 122 Å². The molecule has 3 unspecified atom stereocenters. The van der Waals surface area contributed by atoms with Crippen molar-refractivity contribution in [3.8, 4) is 0 Å². The molecule has 0 saturated heterocycles. The quantitative estimate of drug-likeness (QED) is 0.659. The van der Waals surface area contributed by atoms with E-state index in [0.717, 1.165) is 6.42 Å². The molecule has 1 rings (SSSR count). The molecule has 0 amide bonds. The van der Waals surface area contributed by atoms with Gasteiger partial charge in [0.1, 0.15) is 6.10 Å². The standard InChI is InChI=1S/C16H29NOS/c1-5-6-7-8-9-13(3)18-15(14(4)17)16-12(2)10-11-19-16/h10-11,13-15H,5-9,17H2,1-4H3. The molecule has 3 heteroatoms. The molecule has 0 radical (unpaired) electrons. The predicted molar refractivity (Wildman–Crippen MR) is 84.8 cm³/mol. The number of aryl methyl sites for hydroxylation is 1. The van der Waals surface area contributed by atoms with Crippen LogP contribution in [0.1, 0.15) is 69.4 Å². The highest BCUT2D eigenvalue weighted by molar-refractivity contribution is 7.10. The Morgan fingerprint density at radius 1 is 1.26 bits per heavy atom. The van der Waals surface area contributed by atoms with Gasteiger partial charge in [0.25, 0.3) is 0 Å². The second kappa shape index (κ2) is 8.72. The van der Waals surface area contributed by atoms with Gasteiger partial charge in [0, 0.05) is 10.9 Å². The maximum Gasteiger partial charge on any atom is 0.107 e. The summed E-state index contributed by atoms with van der Waals surface area (Å²) >= 11 is 1.75. The average Bonchev–Trinajstić information content (AvgIpc) is 2.77. The van der Waals surface area contributed by atoms with E-state index in [1.807, 2.05) is 6.92 Å². The van der Waals surface area contributed by atoms with E-state index in [1.165, 1.54) is 36.1 Å². The SMILES string of the molecule is CCCCCCC(C)OC(c1sccc1C)C(C)N. The summed E-state index contributed by atoms with van der Waals surface area (Å²) in [5, 5.41) is 2.12. The van der Waals surface area contributed by atoms with Crippen molar-refractivity contribution in [2.45, 2.75) is 78.0 Å². The lowest BCUT2D eigenvalue weighted by atomic mass is 10.1. The Morgan fingerprint density at radius 2 is 2.00 bits per heavy atom. The Bertz CT molecular complexity index is 348. The molecule has 0 aliphatic rings. The summed E-state index contributed by atoms with van der Waals surface area (Å²) in [6.45, 7) is 8.58. The van der Waals surface area contributed by atoms with Crippen molar-refractivity contribution in [1.29, 1.82) is 0 Å². The molecule has 0 aliphatic carbocycles. The van der Waals surface area contributed by atoms with Gasteiger partial charge in [-0.1, -0.05) is 32.6 Å². The first-order valence-corrected chi connectivity index (χ1v) is 8.39. The molecule has 0 saturated carbocycles. The molecule has 19 heavy (non-hydrogen) atoms. The third-order valence-electron chi connectivity index (χ3n) is 3.48. The van der Waals surface area contributed by atoms with Crippen LogP contribution >= 0.6 is 11.3 Å². The molecular weight excluding hydrogens is 254 g/mol. The zero-order valence-corrected chi connectivity index (χ0v) is 13.6. The van der Waals surface area contributed by atoms with Gasteiger partial charge in [-0.3, -0.25) is 0 Å². The molecule has 0 spiro atoms. The van der Waals surface area contributed by atoms with E-state index in [9.17, 15) is 0 Å². The van der Waals surface area contributed by atoms with Crippen LogP contribution in [-0.2, 0) is 4.74 Å². The molecular formula is C16H29NOS. The Hall–Kier alpha value is -0.380. The minimum absolute atomic E-state index is 0.0374. The number of ether oxygens (including phenoxy) is 1. The molecule has 0 fully saturated rings. The fraction of sp³-hybridized carbons (Fsp3) is 0.750. The summed E-state index contributed by atoms with van der Waals surface area (Å²) < 4.78 is 6.20. The summed E-state index contributed by atoms with van der Waals surface area (Å²) in [6.07, 6.45) is 6.64. The highest BCUT2D eigenvalue weighted by Crippen LogP contribution is 2.30. The summed E-state index contributed by atoms with van der Waals surface area (Å²) in [5.74, 6) is 0. The number of unbranched alkanes of at least 4 members (excludes halogenated alkanes) is 3. The zero-order chi connectivity index (χ0) is 14.3. The van der Waals surface area contributed by atoms with Gasteiger partial charge >= 0.3 is 0 Å². The van der Waals surface area contributed by atoms with Crippen LogP contribution < -0.4 is 5.73 Å². The molecule has 1 heterocycles. The molecule has 0 aliphatic heterocycles. The van der Waals surface area contributed by atoms with Gasteiger partial charge in [0.15, 0.2) is 0 Å². The molecule has 3 atom stereocenters. The summed E-state index contributed by atoms with van der Waals surface area (Å²) in [4.78, 5) is 1.29. The van der Waals surface area contributed by atoms with E-state index in [-0.39, 0.29) is 18.2 Å². The maximum absolute atomic E-state index is 6.20. The molecule has 0 bridgehead atoms. The zero-order valence-electron chi connectivity index (χ0n) is 12.8. The van der Waals surface area contributed by atoms with Crippen LogP contribution in [0.15, 0.2) is 11.4 Å². The lowest BCUT2D eigenvalue weighted by Gasteiger charge is -2.25. The summed E-state index contributed by atoms with van der Waals surface area (Å²) in [6, 6.07) is 2.18. The van der Waals surface area contributed by atoms with E-state index in [1.54, 1.807) is 11.3 Å². The van der Waals surface area contributed by atoms with Gasteiger partial charge in [-0.2, -0.15) is 0 Å². The van der Waals surface area contributed by atoms with Gasteiger partial charge < -0.3 is 10.5 Å². The van der Waals surface area contributed by atoms with Crippen LogP contribution in [0, 0.1) is 6.92 Å². The molecule has 2 N–H and O–H groups in total. The highest BCUT2D eigenvalue weighted by Gasteiger charge is 2.22. The van der Waals surface area contributed by atoms with Crippen molar-refractivity contribution < 1.29 is 4.74 Å². The van der Waals surface area contributed by atoms with Gasteiger partial charge in [-0.15, -0.1) is 11.3 Å². The first-order valence-electron chi connectivity index (χ1n) is 7.51. The summed E-state index contributed by atoms with van der Waals surface area (Å²) in [7, 11) is 0. The van der Waals surface area contributed by atoms with Crippen LogP contribution in [-0.4, -0.2) is 12.1 Å². The van der Waals surface area contributed by atoms with Crippen LogP contribution in [0.3, 0.4) is 0 Å². The van der Waals surface area contributed by atoms with Crippen LogP contribution in [0.5, 0.6) is 0 Å². The highest BCUT2D eigenvalue weighted by atomic mass is 32.1. The second-order valence-corrected chi connectivity index (χ2v) is 6.49. The number of hydrogen-bond donors (Lipinski definition) is 1. The van der Waals surface area contributed by atoms with Crippen molar-refractivity contribution in [1.82, 2.24) is 0 Å². The Balaban J connectivity index is 2.48. The van der Waals surface area contributed by atoms with Crippen molar-refractivity contribution >= 4 is 11.3 Å². The number of thiophene rings is 1. The number of nitrogens with two attached hydrogens (primary N) is 1. The van der Waals surface area contributed by atoms with Crippen molar-refractivity contribution in [2.24, 2.45) is 5.73 Å². The maximum atomic E-state index is 6.20. The van der Waals surface area contributed by atoms with Crippen molar-refractivity contribution in [3.63, 3.8) is 0 Å². The topological polar surface area (TPSA) is 35.2 Å². The second-order valence-electron chi connectivity index (χ2n) is 5.54. The number of rotatable bonds is 9. The first kappa shape index (κ1) is 16.7. The molecule has 2 nitrogen and oxygen atoms in total. The van der Waals surface area contributed by atoms with Gasteiger partial charge in [0.05, 0.1) is 6.10 Å². The van der Waals surface area contributed by atoms with Gasteiger partial charge in [-0.05, 0) is 44.2 Å². The lowest BCUT2D eigenvalue weighted by Crippen LogP contribution is -2.29. The first-order chi connectivity index (χ1) is 9.06. The predicted octanol–water partition coefficient (Wildman–Crippen LogP) is 4.82. The fourth-order valence-corrected chi connectivity index (χ4v) is 3.35. The van der Waals surface area contributed by atoms with E-state index in [0.29, 0.717) is 0 Å². The largest absolute Gasteiger partial charge is 0.368 e. The van der Waals surface area contributed by atoms with Crippen molar-refractivity contribution in [3.05, 3.63) is 21.9 Å². The number of hydrogen-bond acceptors (Lipinski definition) is 3. The Morgan fingerprint density at radius 3 is 2.53 bits per heavy atom. The summed E-state index contributed by atoms with van der Waals surface area (Å²) in [5.41, 5.74) is 7.40. The van der Waals surface area contributed by atoms with Gasteiger partial charge in [-0.25, -0.2) is 0 Å². The fourth-order valence-electron chi connectivity index (χ4n) is 2.28. The Kier molecular flexibility index (Phi) is 7.66. The third kappa shape index (κ3) is 5.64. The molecule has 110 valence electrons. The third-order valence-corrected chi connectivity index (χ3v) is 4.56. The van der Waals surface area contributed by atoms with E-state index >= 15 is 0 Å². The van der Waals surface area contributed by atoms with Crippen molar-refractivity contribution in [2.75, 3.05) is 0 Å². The molecule has 1 aromatic heterocycles. The monoisotopic (exact) mass is 283 g/mol. The van der Waals surface area contributed by atoms with E-state index in [4.69, 9.17) is 10.5 Å². The van der Waals surface area contributed by atoms with Gasteiger partial charge in [0.2, 0.25) is 0 Å². The normalized spacial score (nSPS) is 16.3. The smallest absolute Gasteiger partial charge is 0.107 e. The van der Waals surface area contributed by atoms with Crippen LogP contribution in [0.25, 0.3) is 0 Å². The average molecular weight is 283 g/mol. The molecule has 1 aromatic rings. The minimum atomic E-state index is 0.0374. The lowest BCUT2D eigenvalue weighted by molar-refractivity contribution is -0.0178. The van der Waals surface area contributed by atoms with E-state index < -0.39 is 0 Å². The van der Waals surface area contributed by atoms with E-state index in [2.05, 4.69) is 32.2 Å². The minimum Gasteiger partial charge on any atom is -0.368 e.